The summed E-state index contributed by atoms with van der Waals surface area (Å²) in [7, 11) is -3.55. The zero-order valence-electron chi connectivity index (χ0n) is 8.24. The van der Waals surface area contributed by atoms with Gasteiger partial charge in [0, 0.05) is 6.20 Å². The summed E-state index contributed by atoms with van der Waals surface area (Å²) in [6, 6.07) is 6.84. The molecule has 2 aliphatic heterocycles. The molecule has 16 heavy (non-hydrogen) atoms. The van der Waals surface area contributed by atoms with E-state index < -0.39 is 10.0 Å². The SMILES string of the molecule is O=S1(=O)N=C2C=CC=CN2c2ccccc21. The van der Waals surface area contributed by atoms with Crippen molar-refractivity contribution in [3.63, 3.8) is 0 Å². The maximum atomic E-state index is 11.9. The number of fused-ring (bicyclic) bond motifs is 3. The predicted molar refractivity (Wildman–Crippen MR) is 61.8 cm³/mol. The number of sulfonamides is 1. The summed E-state index contributed by atoms with van der Waals surface area (Å²) >= 11 is 0. The molecule has 0 aromatic heterocycles. The van der Waals surface area contributed by atoms with Crippen LogP contribution in [0, 0.1) is 0 Å². The van der Waals surface area contributed by atoms with Gasteiger partial charge in [0.1, 0.15) is 4.90 Å². The largest absolute Gasteiger partial charge is 0.300 e. The van der Waals surface area contributed by atoms with Gasteiger partial charge in [-0.15, -0.1) is 4.40 Å². The number of rotatable bonds is 0. The standard InChI is InChI=1S/C11H8N2O2S/c14-16(15)10-6-2-1-5-9(10)13-8-4-3-7-11(13)12-16/h1-8H. The van der Waals surface area contributed by atoms with Crippen molar-refractivity contribution in [2.24, 2.45) is 4.40 Å². The molecule has 0 N–H and O–H groups in total. The fraction of sp³-hybridized carbons (Fsp3) is 0. The van der Waals surface area contributed by atoms with Crippen LogP contribution in [0.2, 0.25) is 0 Å². The molecule has 4 nitrogen and oxygen atoms in total. The lowest BCUT2D eigenvalue weighted by molar-refractivity contribution is 0.597. The van der Waals surface area contributed by atoms with E-state index in [4.69, 9.17) is 0 Å². The normalized spacial score (nSPS) is 20.0. The fourth-order valence-electron chi connectivity index (χ4n) is 1.76. The summed E-state index contributed by atoms with van der Waals surface area (Å²) in [6.07, 6.45) is 7.08. The number of allylic oxidation sites excluding steroid dienone is 2. The Kier molecular flexibility index (Phi) is 1.79. The van der Waals surface area contributed by atoms with E-state index >= 15 is 0 Å². The smallest absolute Gasteiger partial charge is 0.286 e. The molecule has 5 heteroatoms. The molecule has 2 aliphatic rings. The highest BCUT2D eigenvalue weighted by Gasteiger charge is 2.28. The van der Waals surface area contributed by atoms with Gasteiger partial charge in [0.05, 0.1) is 5.69 Å². The molecule has 0 unspecified atom stereocenters. The number of benzene rings is 1. The van der Waals surface area contributed by atoms with Crippen molar-refractivity contribution in [2.75, 3.05) is 4.90 Å². The topological polar surface area (TPSA) is 49.7 Å². The molecule has 0 amide bonds. The van der Waals surface area contributed by atoms with Gasteiger partial charge in [-0.05, 0) is 24.3 Å². The fourth-order valence-corrected chi connectivity index (χ4v) is 2.93. The van der Waals surface area contributed by atoms with Crippen molar-refractivity contribution < 1.29 is 8.42 Å². The third-order valence-electron chi connectivity index (χ3n) is 2.45. The lowest BCUT2D eigenvalue weighted by Crippen LogP contribution is -2.30. The van der Waals surface area contributed by atoms with Gasteiger partial charge in [0.15, 0.2) is 5.84 Å². The molecule has 0 saturated heterocycles. The Labute approximate surface area is 93.3 Å². The summed E-state index contributed by atoms with van der Waals surface area (Å²) in [5.41, 5.74) is 0.646. The third kappa shape index (κ3) is 1.22. The number of para-hydroxylation sites is 1. The molecule has 1 aromatic rings. The first-order valence-electron chi connectivity index (χ1n) is 4.77. The van der Waals surface area contributed by atoms with Crippen molar-refractivity contribution >= 4 is 21.5 Å². The molecule has 80 valence electrons. The highest BCUT2D eigenvalue weighted by Crippen LogP contribution is 2.32. The van der Waals surface area contributed by atoms with Gasteiger partial charge in [-0.2, -0.15) is 8.42 Å². The first-order valence-corrected chi connectivity index (χ1v) is 6.21. The van der Waals surface area contributed by atoms with Crippen molar-refractivity contribution in [2.45, 2.75) is 4.90 Å². The Hall–Kier alpha value is -1.88. The van der Waals surface area contributed by atoms with Crippen LogP contribution in [0.5, 0.6) is 0 Å². The Bertz CT molecular complexity index is 642. The Morgan fingerprint density at radius 1 is 1.12 bits per heavy atom. The highest BCUT2D eigenvalue weighted by atomic mass is 32.2. The van der Waals surface area contributed by atoms with Gasteiger partial charge in [-0.1, -0.05) is 18.2 Å². The second-order valence-corrected chi connectivity index (χ2v) is 5.04. The lowest BCUT2D eigenvalue weighted by atomic mass is 10.2. The summed E-state index contributed by atoms with van der Waals surface area (Å²) in [6.45, 7) is 0. The molecule has 0 radical (unpaired) electrons. The van der Waals surface area contributed by atoms with E-state index in [-0.39, 0.29) is 4.90 Å². The minimum atomic E-state index is -3.55. The van der Waals surface area contributed by atoms with Crippen LogP contribution in [0.1, 0.15) is 0 Å². The molecule has 0 atom stereocenters. The van der Waals surface area contributed by atoms with Crippen molar-refractivity contribution in [3.8, 4) is 0 Å². The van der Waals surface area contributed by atoms with Crippen molar-refractivity contribution in [1.29, 1.82) is 0 Å². The lowest BCUT2D eigenvalue weighted by Gasteiger charge is -2.27. The van der Waals surface area contributed by atoms with Crippen LogP contribution >= 0.6 is 0 Å². The number of hydrogen-bond acceptors (Lipinski definition) is 3. The zero-order valence-corrected chi connectivity index (χ0v) is 9.05. The second kappa shape index (κ2) is 3.05. The molecule has 3 rings (SSSR count). The zero-order chi connectivity index (χ0) is 11.2. The van der Waals surface area contributed by atoms with Crippen molar-refractivity contribution in [3.05, 3.63) is 48.7 Å². The first-order chi connectivity index (χ1) is 7.68. The van der Waals surface area contributed by atoms with E-state index in [0.29, 0.717) is 11.5 Å². The van der Waals surface area contributed by atoms with Gasteiger partial charge in [0.25, 0.3) is 10.0 Å². The molecule has 0 fully saturated rings. The Morgan fingerprint density at radius 3 is 2.81 bits per heavy atom. The van der Waals surface area contributed by atoms with E-state index in [2.05, 4.69) is 4.40 Å². The van der Waals surface area contributed by atoms with Crippen LogP contribution < -0.4 is 4.90 Å². The van der Waals surface area contributed by atoms with Gasteiger partial charge in [-0.25, -0.2) is 0 Å². The number of hydrogen-bond donors (Lipinski definition) is 0. The van der Waals surface area contributed by atoms with Gasteiger partial charge < -0.3 is 0 Å². The van der Waals surface area contributed by atoms with E-state index in [1.165, 1.54) is 0 Å². The van der Waals surface area contributed by atoms with E-state index in [9.17, 15) is 8.42 Å². The van der Waals surface area contributed by atoms with Crippen LogP contribution in [0.4, 0.5) is 5.69 Å². The average Bonchev–Trinajstić information content (AvgIpc) is 2.29. The second-order valence-electron chi connectivity index (χ2n) is 3.46. The molecular formula is C11H8N2O2S. The van der Waals surface area contributed by atoms with Crippen LogP contribution in [0.25, 0.3) is 0 Å². The number of amidine groups is 1. The maximum absolute atomic E-state index is 11.9. The Morgan fingerprint density at radius 2 is 1.94 bits per heavy atom. The van der Waals surface area contributed by atoms with E-state index in [1.807, 2.05) is 12.1 Å². The molecule has 0 spiro atoms. The van der Waals surface area contributed by atoms with Crippen LogP contribution in [0.3, 0.4) is 0 Å². The molecule has 2 heterocycles. The quantitative estimate of drug-likeness (QED) is 0.683. The van der Waals surface area contributed by atoms with Gasteiger partial charge in [0.2, 0.25) is 0 Å². The third-order valence-corrected chi connectivity index (χ3v) is 3.78. The average molecular weight is 232 g/mol. The summed E-state index contributed by atoms with van der Waals surface area (Å²) in [5.74, 6) is 0.432. The monoisotopic (exact) mass is 232 g/mol. The Balaban J connectivity index is 2.34. The van der Waals surface area contributed by atoms with Gasteiger partial charge >= 0.3 is 0 Å². The molecule has 0 bridgehead atoms. The maximum Gasteiger partial charge on any atom is 0.286 e. The summed E-state index contributed by atoms with van der Waals surface area (Å²) in [4.78, 5) is 2.01. The number of anilines is 1. The number of nitrogens with zero attached hydrogens (tertiary/aromatic N) is 2. The van der Waals surface area contributed by atoms with Crippen LogP contribution in [-0.2, 0) is 10.0 Å². The predicted octanol–water partition coefficient (Wildman–Crippen LogP) is 1.68. The summed E-state index contributed by atoms with van der Waals surface area (Å²) < 4.78 is 27.5. The minimum absolute atomic E-state index is 0.249. The highest BCUT2D eigenvalue weighted by molar-refractivity contribution is 7.90. The summed E-state index contributed by atoms with van der Waals surface area (Å²) in [5, 5.41) is 0. The van der Waals surface area contributed by atoms with Crippen LogP contribution in [0.15, 0.2) is 58.0 Å². The van der Waals surface area contributed by atoms with Crippen LogP contribution in [-0.4, -0.2) is 14.3 Å². The molecule has 0 saturated carbocycles. The van der Waals surface area contributed by atoms with E-state index in [1.54, 1.807) is 41.5 Å². The van der Waals surface area contributed by atoms with Crippen molar-refractivity contribution in [1.82, 2.24) is 0 Å². The molecule has 0 aliphatic carbocycles. The minimum Gasteiger partial charge on any atom is -0.300 e. The first kappa shape index (κ1) is 9.35. The van der Waals surface area contributed by atoms with Gasteiger partial charge in [-0.3, -0.25) is 4.90 Å². The van der Waals surface area contributed by atoms with E-state index in [0.717, 1.165) is 0 Å². The molecular weight excluding hydrogens is 224 g/mol. The molecule has 1 aromatic carbocycles.